The summed E-state index contributed by atoms with van der Waals surface area (Å²) in [7, 11) is 0. The molecular formula is C89H132N4O12S. The van der Waals surface area contributed by atoms with Gasteiger partial charge in [-0.25, -0.2) is 4.79 Å². The maximum absolute atomic E-state index is 12.6. The highest BCUT2D eigenvalue weighted by atomic mass is 32.2. The third-order valence-corrected chi connectivity index (χ3v) is 20.5. The summed E-state index contributed by atoms with van der Waals surface area (Å²) in [6.07, 6.45) is 19.1. The van der Waals surface area contributed by atoms with Gasteiger partial charge in [0.2, 0.25) is 11.8 Å². The highest BCUT2D eigenvalue weighted by Gasteiger charge is 2.51. The number of carbonyl (C=O) groups is 8. The lowest BCUT2D eigenvalue weighted by molar-refractivity contribution is -0.124. The predicted octanol–water partition coefficient (Wildman–Crippen LogP) is 20.2. The zero-order valence-electron chi connectivity index (χ0n) is 67.6. The standard InChI is InChI=1S/C36H56N2O7S.2C19H29NO2.C15H18O/c1-35(2,3)18-8-7-11-30(40)25-45-23-22-44-21-20-43-19-9-12-31(41)28-16-14-27(15-17-28)24-29(39)10-5-6-13-32-33-36(4,26-46-32)38-34(42)37-33;2*1-15-9-5-6-11-17(15)20-18(22)13-12-16(21)10-7-8-14-19(2,3)4;1-10-8-11(2)16-14-9-12(15(3,4)5)6-7-13(10)14/h14-17,32-33H,5-13,18-26H2,1-4H3,(H2,37,38,42);2*5-6,9,11H,7-8,10,12-14H2,1-4H3,(H,20,22);6-9H,2H2,1,3-5H3/t32-,33+,36-;;;/m1.../s1. The minimum absolute atomic E-state index is 0.0631. The molecule has 3 heterocycles. The van der Waals surface area contributed by atoms with Crippen LogP contribution in [0.15, 0.2) is 109 Å². The van der Waals surface area contributed by atoms with Crippen LogP contribution in [0.25, 0.3) is 5.57 Å². The average Bonchev–Trinajstić information content (AvgIpc) is 1.57. The summed E-state index contributed by atoms with van der Waals surface area (Å²) < 4.78 is 22.1. The molecule has 4 aromatic rings. The van der Waals surface area contributed by atoms with Crippen LogP contribution >= 0.6 is 11.8 Å². The zero-order valence-corrected chi connectivity index (χ0v) is 68.4. The second-order valence-corrected chi connectivity index (χ2v) is 35.0. The molecule has 3 atom stereocenters. The molecule has 2 fully saturated rings. The number of allylic oxidation sites excluding steroid dienone is 2. The van der Waals surface area contributed by atoms with Crippen LogP contribution in [-0.2, 0) is 54.8 Å². The lowest BCUT2D eigenvalue weighted by Crippen LogP contribution is -2.47. The van der Waals surface area contributed by atoms with Crippen LogP contribution in [-0.4, -0.2) is 109 Å². The fraction of sp³-hybridized carbons (Fsp3) is 0.596. The van der Waals surface area contributed by atoms with Gasteiger partial charge in [-0.05, 0) is 159 Å². The molecule has 0 radical (unpaired) electrons. The van der Waals surface area contributed by atoms with E-state index in [0.717, 1.165) is 122 Å². The summed E-state index contributed by atoms with van der Waals surface area (Å²) in [5.41, 5.74) is 9.91. The summed E-state index contributed by atoms with van der Waals surface area (Å²) in [6.45, 7) is 40.8. The quantitative estimate of drug-likeness (QED) is 0.0185. The molecule has 0 aromatic heterocycles. The Morgan fingerprint density at radius 2 is 1.03 bits per heavy atom. The van der Waals surface area contributed by atoms with Gasteiger partial charge in [0.05, 0.1) is 38.0 Å². The van der Waals surface area contributed by atoms with Crippen molar-refractivity contribution in [1.82, 2.24) is 10.6 Å². The molecule has 3 aliphatic rings. The third-order valence-electron chi connectivity index (χ3n) is 18.8. The van der Waals surface area contributed by atoms with Gasteiger partial charge in [0, 0.05) is 104 Å². The maximum Gasteiger partial charge on any atom is 0.315 e. The largest absolute Gasteiger partial charge is 0.457 e. The van der Waals surface area contributed by atoms with Gasteiger partial charge in [-0.3, -0.25) is 33.6 Å². The van der Waals surface area contributed by atoms with Crippen LogP contribution in [0.5, 0.6) is 5.75 Å². The molecule has 3 aliphatic heterocycles. The fourth-order valence-corrected chi connectivity index (χ4v) is 14.0. The highest BCUT2D eigenvalue weighted by molar-refractivity contribution is 8.00. The Kier molecular flexibility index (Phi) is 39.9. The maximum atomic E-state index is 12.6. The first-order valence-corrected chi connectivity index (χ1v) is 40.0. The first-order chi connectivity index (χ1) is 49.9. The third kappa shape index (κ3) is 38.7. The molecule has 0 unspecified atom stereocenters. The second kappa shape index (κ2) is 46.3. The average molecular weight is 1480 g/mol. The molecule has 0 aliphatic carbocycles. The molecule has 4 amide bonds. The number of ketones is 5. The first-order valence-electron chi connectivity index (χ1n) is 38.9. The van der Waals surface area contributed by atoms with Crippen molar-refractivity contribution in [1.29, 1.82) is 0 Å². The number of ether oxygens (including phenoxy) is 4. The molecule has 0 spiro atoms. The van der Waals surface area contributed by atoms with E-state index in [1.807, 2.05) is 92.3 Å². The first kappa shape index (κ1) is 91.3. The SMILES string of the molecule is C=C1C=C(C)c2ccc(C(C)(C)C)cc2O1.CC(C)(C)CCCCC(=O)COCCOCCOCCCC(=O)c1ccc(CC(=O)CCCC[C@H]2SC[C@@]3(C)NC(=O)N[C@@H]23)cc1.Cc1ccccc1NC(=O)CCC(=O)CCCCC(C)(C)C.Cc1ccccc1NC(=O)CCC(=O)CCCCC(C)(C)C. The molecule has 0 saturated carbocycles. The van der Waals surface area contributed by atoms with E-state index in [4.69, 9.17) is 18.9 Å². The summed E-state index contributed by atoms with van der Waals surface area (Å²) in [6, 6.07) is 29.2. The Hall–Kier alpha value is -7.05. The van der Waals surface area contributed by atoms with Gasteiger partial charge < -0.3 is 40.2 Å². The number of thioether (sulfide) groups is 1. The van der Waals surface area contributed by atoms with Crippen molar-refractivity contribution < 1.29 is 57.3 Å². The number of Topliss-reactive ketones (excluding diaryl/α,β-unsaturated/α-hetero) is 5. The van der Waals surface area contributed by atoms with Gasteiger partial charge in [0.25, 0.3) is 0 Å². The number of amides is 4. The smallest absolute Gasteiger partial charge is 0.315 e. The number of hydrogen-bond acceptors (Lipinski definition) is 13. The van der Waals surface area contributed by atoms with E-state index in [-0.39, 0.29) is 83.2 Å². The van der Waals surface area contributed by atoms with E-state index in [9.17, 15) is 38.4 Å². The number of fused-ring (bicyclic) bond motifs is 2. The number of rotatable bonds is 40. The van der Waals surface area contributed by atoms with Crippen molar-refractivity contribution in [2.24, 2.45) is 16.2 Å². The minimum Gasteiger partial charge on any atom is -0.457 e. The number of para-hydroxylation sites is 2. The van der Waals surface area contributed by atoms with Gasteiger partial charge in [-0.1, -0.05) is 188 Å². The Morgan fingerprint density at radius 1 is 0.547 bits per heavy atom. The lowest BCUT2D eigenvalue weighted by atomic mass is 9.85. The van der Waals surface area contributed by atoms with Crippen LogP contribution in [0.1, 0.15) is 276 Å². The van der Waals surface area contributed by atoms with Crippen LogP contribution < -0.4 is 26.0 Å². The Bertz CT molecular complexity index is 3380. The number of anilines is 2. The van der Waals surface area contributed by atoms with Crippen molar-refractivity contribution in [3.8, 4) is 5.75 Å². The van der Waals surface area contributed by atoms with Crippen molar-refractivity contribution in [2.45, 2.75) is 281 Å². The molecule has 4 aromatic carbocycles. The normalized spacial score (nSPS) is 16.0. The molecule has 4 N–H and O–H groups in total. The molecule has 17 heteroatoms. The highest BCUT2D eigenvalue weighted by Crippen LogP contribution is 2.40. The van der Waals surface area contributed by atoms with Crippen LogP contribution in [0.4, 0.5) is 16.2 Å². The number of nitrogens with one attached hydrogen (secondary N) is 4. The second-order valence-electron chi connectivity index (χ2n) is 33.8. The lowest BCUT2D eigenvalue weighted by Gasteiger charge is -2.23. The molecule has 2 saturated heterocycles. The van der Waals surface area contributed by atoms with Crippen molar-refractivity contribution in [3.63, 3.8) is 0 Å². The van der Waals surface area contributed by atoms with Gasteiger partial charge in [-0.15, -0.1) is 0 Å². The number of urea groups is 1. The number of hydrogen-bond donors (Lipinski definition) is 4. The summed E-state index contributed by atoms with van der Waals surface area (Å²) in [5.74, 6) is 3.19. The molecule has 106 heavy (non-hydrogen) atoms. The fourth-order valence-electron chi connectivity index (χ4n) is 12.3. The summed E-state index contributed by atoms with van der Waals surface area (Å²) in [4.78, 5) is 96.0. The van der Waals surface area contributed by atoms with Crippen LogP contribution in [0.2, 0.25) is 0 Å². The van der Waals surface area contributed by atoms with Crippen molar-refractivity contribution in [3.05, 3.63) is 143 Å². The van der Waals surface area contributed by atoms with E-state index in [0.29, 0.717) is 118 Å². The summed E-state index contributed by atoms with van der Waals surface area (Å²) >= 11 is 1.90. The zero-order chi connectivity index (χ0) is 78.5. The number of carbonyl (C=O) groups excluding carboxylic acids is 8. The van der Waals surface area contributed by atoms with Crippen molar-refractivity contribution in [2.75, 3.05) is 56.0 Å². The van der Waals surface area contributed by atoms with Gasteiger partial charge in [0.15, 0.2) is 11.6 Å². The van der Waals surface area contributed by atoms with E-state index < -0.39 is 0 Å². The van der Waals surface area contributed by atoms with E-state index in [1.54, 1.807) is 12.1 Å². The van der Waals surface area contributed by atoms with Gasteiger partial charge >= 0.3 is 6.03 Å². The monoisotopic (exact) mass is 1480 g/mol. The summed E-state index contributed by atoms with van der Waals surface area (Å²) in [5, 5.41) is 12.2. The molecule has 16 nitrogen and oxygen atoms in total. The Balaban J connectivity index is 0.000000330. The number of unbranched alkanes of at least 4 members (excludes halogenated alkanes) is 4. The van der Waals surface area contributed by atoms with Gasteiger partial charge in [0.1, 0.15) is 35.5 Å². The minimum atomic E-state index is -0.161. The number of aryl methyl sites for hydroxylation is 2. The molecule has 0 bridgehead atoms. The van der Waals surface area contributed by atoms with Crippen LogP contribution in [0.3, 0.4) is 0 Å². The Morgan fingerprint density at radius 3 is 1.54 bits per heavy atom. The Labute approximate surface area is 641 Å². The molecule has 586 valence electrons. The number of benzene rings is 4. The molecular weight excluding hydrogens is 1350 g/mol. The predicted molar refractivity (Wildman–Crippen MR) is 435 cm³/mol. The van der Waals surface area contributed by atoms with Crippen molar-refractivity contribution >= 4 is 75.5 Å². The topological polar surface area (TPSA) is 222 Å². The van der Waals surface area contributed by atoms with Gasteiger partial charge in [-0.2, -0.15) is 11.8 Å². The van der Waals surface area contributed by atoms with E-state index in [2.05, 4.69) is 143 Å². The van der Waals surface area contributed by atoms with E-state index >= 15 is 0 Å². The van der Waals surface area contributed by atoms with Crippen LogP contribution in [0, 0.1) is 30.1 Å². The molecule has 7 rings (SSSR count). The van der Waals surface area contributed by atoms with E-state index in [1.165, 1.54) is 16.7 Å².